The van der Waals surface area contributed by atoms with E-state index >= 15 is 0 Å². The zero-order valence-corrected chi connectivity index (χ0v) is 10.9. The number of nitrogens with zero attached hydrogens (tertiary/aromatic N) is 1. The van der Waals surface area contributed by atoms with Crippen molar-refractivity contribution < 1.29 is 14.6 Å². The van der Waals surface area contributed by atoms with Crippen molar-refractivity contribution in [2.45, 2.75) is 43.9 Å². The minimum Gasteiger partial charge on any atom is -0.445 e. The Kier molecular flexibility index (Phi) is 3.19. The molecule has 1 spiro atoms. The monoisotopic (exact) mass is 261 g/mol. The molecule has 1 heterocycles. The second-order valence-corrected chi connectivity index (χ2v) is 5.59. The maximum atomic E-state index is 12.2. The zero-order chi connectivity index (χ0) is 13.3. The molecule has 0 radical (unpaired) electrons. The molecule has 1 aliphatic carbocycles. The number of hydrogen-bond donors (Lipinski definition) is 1. The predicted molar refractivity (Wildman–Crippen MR) is 70.5 cm³/mol. The summed E-state index contributed by atoms with van der Waals surface area (Å²) in [5.74, 6) is 0. The summed E-state index contributed by atoms with van der Waals surface area (Å²) >= 11 is 0. The van der Waals surface area contributed by atoms with Crippen LogP contribution in [-0.2, 0) is 11.3 Å². The van der Waals surface area contributed by atoms with Crippen LogP contribution in [0.15, 0.2) is 30.3 Å². The molecule has 1 amide bonds. The molecule has 4 heteroatoms. The van der Waals surface area contributed by atoms with Crippen LogP contribution < -0.4 is 0 Å². The maximum Gasteiger partial charge on any atom is 0.410 e. The van der Waals surface area contributed by atoms with Gasteiger partial charge in [-0.05, 0) is 31.2 Å². The number of carbonyl (C=O) groups excluding carboxylic acids is 1. The molecule has 0 aromatic heterocycles. The number of likely N-dealkylation sites (tertiary alicyclic amines) is 1. The first-order valence-corrected chi connectivity index (χ1v) is 6.86. The van der Waals surface area contributed by atoms with E-state index in [9.17, 15) is 9.90 Å². The summed E-state index contributed by atoms with van der Waals surface area (Å²) in [6, 6.07) is 9.66. The molecule has 1 atom stereocenters. The van der Waals surface area contributed by atoms with Gasteiger partial charge in [-0.3, -0.25) is 4.90 Å². The van der Waals surface area contributed by atoms with Crippen LogP contribution in [0.25, 0.3) is 0 Å². The Hall–Kier alpha value is -1.55. The molecule has 1 aliphatic heterocycles. The third-order valence-electron chi connectivity index (χ3n) is 4.29. The van der Waals surface area contributed by atoms with E-state index in [1.807, 2.05) is 30.3 Å². The van der Waals surface area contributed by atoms with Crippen LogP contribution in [0.2, 0.25) is 0 Å². The summed E-state index contributed by atoms with van der Waals surface area (Å²) in [5, 5.41) is 9.78. The lowest BCUT2D eigenvalue weighted by Crippen LogP contribution is -2.52. The van der Waals surface area contributed by atoms with Gasteiger partial charge < -0.3 is 9.84 Å². The summed E-state index contributed by atoms with van der Waals surface area (Å²) in [5.41, 5.74) is 0.867. The first-order valence-electron chi connectivity index (χ1n) is 6.86. The van der Waals surface area contributed by atoms with Gasteiger partial charge in [0.25, 0.3) is 0 Å². The van der Waals surface area contributed by atoms with Crippen molar-refractivity contribution >= 4 is 6.09 Å². The number of rotatable bonds is 2. The number of amides is 1. The van der Waals surface area contributed by atoms with Gasteiger partial charge in [0.2, 0.25) is 0 Å². The summed E-state index contributed by atoms with van der Waals surface area (Å²) in [6.07, 6.45) is 3.13. The third kappa shape index (κ3) is 2.32. The molecule has 1 N–H and O–H groups in total. The molecule has 1 saturated carbocycles. The number of benzene rings is 1. The SMILES string of the molecule is O=C(OCc1ccccc1)N1CC(O)CC12CCC2. The molecule has 1 saturated heterocycles. The van der Waals surface area contributed by atoms with Crippen LogP contribution in [0, 0.1) is 0 Å². The lowest BCUT2D eigenvalue weighted by atomic mass is 9.75. The summed E-state index contributed by atoms with van der Waals surface area (Å²) in [7, 11) is 0. The van der Waals surface area contributed by atoms with Gasteiger partial charge in [0.1, 0.15) is 6.61 Å². The van der Waals surface area contributed by atoms with Gasteiger partial charge in [-0.25, -0.2) is 4.79 Å². The Morgan fingerprint density at radius 1 is 1.37 bits per heavy atom. The van der Waals surface area contributed by atoms with Gasteiger partial charge in [0.05, 0.1) is 12.6 Å². The standard InChI is InChI=1S/C15H19NO3/c17-13-9-15(7-4-8-15)16(10-13)14(18)19-11-12-5-2-1-3-6-12/h1-3,5-6,13,17H,4,7-11H2. The second-order valence-electron chi connectivity index (χ2n) is 5.59. The number of carbonyl (C=O) groups is 1. The molecule has 1 unspecified atom stereocenters. The first kappa shape index (κ1) is 12.5. The van der Waals surface area contributed by atoms with Crippen molar-refractivity contribution in [1.29, 1.82) is 0 Å². The number of aliphatic hydroxyl groups excluding tert-OH is 1. The van der Waals surface area contributed by atoms with Crippen LogP contribution in [0.3, 0.4) is 0 Å². The fourth-order valence-corrected chi connectivity index (χ4v) is 3.14. The van der Waals surface area contributed by atoms with Crippen molar-refractivity contribution in [3.63, 3.8) is 0 Å². The Morgan fingerprint density at radius 3 is 2.74 bits per heavy atom. The summed E-state index contributed by atoms with van der Waals surface area (Å²) in [6.45, 7) is 0.704. The highest BCUT2D eigenvalue weighted by Gasteiger charge is 2.51. The van der Waals surface area contributed by atoms with E-state index in [0.29, 0.717) is 19.6 Å². The number of hydrogen-bond acceptors (Lipinski definition) is 3. The van der Waals surface area contributed by atoms with Crippen molar-refractivity contribution in [1.82, 2.24) is 4.90 Å². The number of aliphatic hydroxyl groups is 1. The van der Waals surface area contributed by atoms with Crippen molar-refractivity contribution in [3.05, 3.63) is 35.9 Å². The molecular formula is C15H19NO3. The van der Waals surface area contributed by atoms with Crippen LogP contribution in [-0.4, -0.2) is 34.3 Å². The van der Waals surface area contributed by atoms with Gasteiger partial charge in [0.15, 0.2) is 0 Å². The molecule has 102 valence electrons. The minimum absolute atomic E-state index is 0.118. The lowest BCUT2D eigenvalue weighted by Gasteiger charge is -2.44. The molecule has 2 aliphatic rings. The molecule has 3 rings (SSSR count). The van der Waals surface area contributed by atoms with E-state index in [1.165, 1.54) is 0 Å². The number of β-amino-alcohol motifs (C(OH)–C–C–N with tert-alkyl or cyclic N) is 1. The normalized spacial score (nSPS) is 24.3. The maximum absolute atomic E-state index is 12.2. The first-order chi connectivity index (χ1) is 9.20. The van der Waals surface area contributed by atoms with Gasteiger partial charge >= 0.3 is 6.09 Å². The molecule has 2 fully saturated rings. The van der Waals surface area contributed by atoms with Crippen LogP contribution >= 0.6 is 0 Å². The second kappa shape index (κ2) is 4.85. The molecule has 1 aromatic carbocycles. The van der Waals surface area contributed by atoms with Crippen LogP contribution in [0.4, 0.5) is 4.79 Å². The van der Waals surface area contributed by atoms with Gasteiger partial charge in [-0.1, -0.05) is 30.3 Å². The van der Waals surface area contributed by atoms with E-state index in [-0.39, 0.29) is 11.6 Å². The van der Waals surface area contributed by atoms with E-state index in [4.69, 9.17) is 4.74 Å². The predicted octanol–water partition coefficient (Wildman–Crippen LogP) is 2.31. The van der Waals surface area contributed by atoms with E-state index in [0.717, 1.165) is 24.8 Å². The lowest BCUT2D eigenvalue weighted by molar-refractivity contribution is 0.0307. The van der Waals surface area contributed by atoms with E-state index in [1.54, 1.807) is 4.90 Å². The number of ether oxygens (including phenoxy) is 1. The summed E-state index contributed by atoms with van der Waals surface area (Å²) < 4.78 is 5.37. The minimum atomic E-state index is -0.399. The smallest absolute Gasteiger partial charge is 0.410 e. The molecule has 19 heavy (non-hydrogen) atoms. The van der Waals surface area contributed by atoms with Crippen molar-refractivity contribution in [2.24, 2.45) is 0 Å². The Labute approximate surface area is 113 Å². The highest BCUT2D eigenvalue weighted by atomic mass is 16.6. The fourth-order valence-electron chi connectivity index (χ4n) is 3.14. The molecule has 1 aromatic rings. The Balaban J connectivity index is 1.61. The van der Waals surface area contributed by atoms with Gasteiger partial charge in [-0.2, -0.15) is 0 Å². The van der Waals surface area contributed by atoms with Crippen LogP contribution in [0.1, 0.15) is 31.2 Å². The fraction of sp³-hybridized carbons (Fsp3) is 0.533. The van der Waals surface area contributed by atoms with Gasteiger partial charge in [0, 0.05) is 5.54 Å². The molecule has 4 nitrogen and oxygen atoms in total. The average Bonchev–Trinajstić information content (AvgIpc) is 2.75. The topological polar surface area (TPSA) is 49.8 Å². The average molecular weight is 261 g/mol. The molecule has 0 bridgehead atoms. The third-order valence-corrected chi connectivity index (χ3v) is 4.29. The van der Waals surface area contributed by atoms with E-state index in [2.05, 4.69) is 0 Å². The highest BCUT2D eigenvalue weighted by Crippen LogP contribution is 2.45. The van der Waals surface area contributed by atoms with Gasteiger partial charge in [-0.15, -0.1) is 0 Å². The van der Waals surface area contributed by atoms with Crippen LogP contribution in [0.5, 0.6) is 0 Å². The highest BCUT2D eigenvalue weighted by molar-refractivity contribution is 5.69. The van der Waals surface area contributed by atoms with Crippen molar-refractivity contribution in [3.8, 4) is 0 Å². The zero-order valence-electron chi connectivity index (χ0n) is 10.9. The Morgan fingerprint density at radius 2 is 2.11 bits per heavy atom. The quantitative estimate of drug-likeness (QED) is 0.888. The molecular weight excluding hydrogens is 242 g/mol. The van der Waals surface area contributed by atoms with Crippen molar-refractivity contribution in [2.75, 3.05) is 6.54 Å². The van der Waals surface area contributed by atoms with E-state index < -0.39 is 6.10 Å². The Bertz CT molecular complexity index is 456. The summed E-state index contributed by atoms with van der Waals surface area (Å²) in [4.78, 5) is 13.9. The largest absolute Gasteiger partial charge is 0.445 e.